The largest absolute Gasteiger partial charge is 0.472 e. The zero-order valence-electron chi connectivity index (χ0n) is 13.2. The van der Waals surface area contributed by atoms with Crippen molar-refractivity contribution in [2.24, 2.45) is 5.92 Å². The van der Waals surface area contributed by atoms with Crippen molar-refractivity contribution in [1.82, 2.24) is 14.2 Å². The van der Waals surface area contributed by atoms with Crippen molar-refractivity contribution < 1.29 is 17.9 Å². The molecule has 1 aromatic rings. The standard InChI is InChI=1S/C14H21N3O4S/c1-10-8-16(2)14(18)11-6-5-7-15-13(11)21-12(10)9-17(3)22(4,19)20/h5-7,10,12H,8-9H2,1-4H3/t10-,12-/m0/s1. The summed E-state index contributed by atoms with van der Waals surface area (Å²) in [5.41, 5.74) is 0.393. The molecular formula is C14H21N3O4S. The van der Waals surface area contributed by atoms with Crippen LogP contribution < -0.4 is 4.74 Å². The van der Waals surface area contributed by atoms with Gasteiger partial charge in [0.1, 0.15) is 11.7 Å². The molecule has 0 unspecified atom stereocenters. The highest BCUT2D eigenvalue weighted by Gasteiger charge is 2.31. The quantitative estimate of drug-likeness (QED) is 0.805. The average Bonchev–Trinajstić information content (AvgIpc) is 2.44. The van der Waals surface area contributed by atoms with Crippen molar-refractivity contribution in [2.75, 3.05) is 33.4 Å². The van der Waals surface area contributed by atoms with Gasteiger partial charge in [-0.1, -0.05) is 6.92 Å². The van der Waals surface area contributed by atoms with Crippen LogP contribution >= 0.6 is 0 Å². The fourth-order valence-corrected chi connectivity index (χ4v) is 2.77. The number of aromatic nitrogens is 1. The lowest BCUT2D eigenvalue weighted by Gasteiger charge is -2.33. The Morgan fingerprint density at radius 1 is 1.50 bits per heavy atom. The molecule has 8 heteroatoms. The molecule has 2 rings (SSSR count). The van der Waals surface area contributed by atoms with Crippen LogP contribution in [0.5, 0.6) is 5.88 Å². The SMILES string of the molecule is C[C@H]1CN(C)C(=O)c2cccnc2O[C@H]1CN(C)S(C)(=O)=O. The second kappa shape index (κ2) is 6.21. The molecule has 1 aliphatic heterocycles. The highest BCUT2D eigenvalue weighted by atomic mass is 32.2. The Bertz CT molecular complexity index is 662. The molecule has 7 nitrogen and oxygen atoms in total. The van der Waals surface area contributed by atoms with Gasteiger partial charge in [-0.05, 0) is 12.1 Å². The first-order chi connectivity index (χ1) is 10.2. The van der Waals surface area contributed by atoms with E-state index in [0.717, 1.165) is 6.26 Å². The van der Waals surface area contributed by atoms with Gasteiger partial charge in [-0.3, -0.25) is 4.79 Å². The summed E-state index contributed by atoms with van der Waals surface area (Å²) in [6, 6.07) is 3.34. The molecule has 1 aromatic heterocycles. The third-order valence-corrected chi connectivity index (χ3v) is 5.09. The monoisotopic (exact) mass is 327 g/mol. The van der Waals surface area contributed by atoms with E-state index in [-0.39, 0.29) is 30.4 Å². The maximum Gasteiger partial charge on any atom is 0.259 e. The normalized spacial score (nSPS) is 22.8. The molecule has 0 saturated carbocycles. The third kappa shape index (κ3) is 3.56. The Morgan fingerprint density at radius 2 is 2.18 bits per heavy atom. The van der Waals surface area contributed by atoms with Gasteiger partial charge in [0.05, 0.1) is 12.8 Å². The summed E-state index contributed by atoms with van der Waals surface area (Å²) < 4.78 is 30.4. The maximum absolute atomic E-state index is 12.3. The zero-order chi connectivity index (χ0) is 16.5. The van der Waals surface area contributed by atoms with Crippen LogP contribution in [0.15, 0.2) is 18.3 Å². The Hall–Kier alpha value is -1.67. The Morgan fingerprint density at radius 3 is 2.82 bits per heavy atom. The van der Waals surface area contributed by atoms with Crippen molar-refractivity contribution in [2.45, 2.75) is 13.0 Å². The molecule has 1 aliphatic rings. The number of fused-ring (bicyclic) bond motifs is 1. The van der Waals surface area contributed by atoms with E-state index in [2.05, 4.69) is 4.98 Å². The van der Waals surface area contributed by atoms with Gasteiger partial charge in [-0.15, -0.1) is 0 Å². The first-order valence-electron chi connectivity index (χ1n) is 6.98. The summed E-state index contributed by atoms with van der Waals surface area (Å²) in [4.78, 5) is 18.1. The summed E-state index contributed by atoms with van der Waals surface area (Å²) in [5, 5.41) is 0. The number of likely N-dealkylation sites (N-methyl/N-ethyl adjacent to an activating group) is 1. The maximum atomic E-state index is 12.3. The number of rotatable bonds is 3. The average molecular weight is 327 g/mol. The molecule has 2 heterocycles. The van der Waals surface area contributed by atoms with Gasteiger partial charge in [-0.25, -0.2) is 17.7 Å². The number of carbonyl (C=O) groups excluding carboxylic acids is 1. The predicted molar refractivity (Wildman–Crippen MR) is 82.3 cm³/mol. The van der Waals surface area contributed by atoms with Gasteiger partial charge in [0.25, 0.3) is 5.91 Å². The fraction of sp³-hybridized carbons (Fsp3) is 0.571. The number of ether oxygens (including phenoxy) is 1. The molecule has 2 atom stereocenters. The van der Waals surface area contributed by atoms with E-state index in [0.29, 0.717) is 12.1 Å². The molecule has 0 saturated heterocycles. The minimum atomic E-state index is -3.30. The number of carbonyl (C=O) groups is 1. The number of hydrogen-bond donors (Lipinski definition) is 0. The molecule has 0 fully saturated rings. The van der Waals surface area contributed by atoms with Crippen LogP contribution in [0.2, 0.25) is 0 Å². The van der Waals surface area contributed by atoms with Gasteiger partial charge in [0.2, 0.25) is 15.9 Å². The predicted octanol–water partition coefficient (Wildman–Crippen LogP) is 0.442. The Balaban J connectivity index is 2.33. The summed E-state index contributed by atoms with van der Waals surface area (Å²) in [5.74, 6) is 0.0657. The molecule has 0 radical (unpaired) electrons. The van der Waals surface area contributed by atoms with Gasteiger partial charge in [0, 0.05) is 32.8 Å². The summed E-state index contributed by atoms with van der Waals surface area (Å²) in [6.45, 7) is 2.62. The van der Waals surface area contributed by atoms with Gasteiger partial charge in [-0.2, -0.15) is 0 Å². The minimum Gasteiger partial charge on any atom is -0.472 e. The van der Waals surface area contributed by atoms with E-state index in [1.807, 2.05) is 6.92 Å². The third-order valence-electron chi connectivity index (χ3n) is 3.81. The number of amides is 1. The van der Waals surface area contributed by atoms with Crippen LogP contribution in [0.3, 0.4) is 0 Å². The molecule has 122 valence electrons. The van der Waals surface area contributed by atoms with Gasteiger partial charge >= 0.3 is 0 Å². The highest BCUT2D eigenvalue weighted by molar-refractivity contribution is 7.88. The van der Waals surface area contributed by atoms with Crippen LogP contribution in [-0.4, -0.2) is 68.1 Å². The molecule has 0 N–H and O–H groups in total. The number of hydrogen-bond acceptors (Lipinski definition) is 5. The number of nitrogens with zero attached hydrogens (tertiary/aromatic N) is 3. The summed E-state index contributed by atoms with van der Waals surface area (Å²) >= 11 is 0. The van der Waals surface area contributed by atoms with Crippen molar-refractivity contribution >= 4 is 15.9 Å². The first-order valence-corrected chi connectivity index (χ1v) is 8.83. The highest BCUT2D eigenvalue weighted by Crippen LogP contribution is 2.24. The van der Waals surface area contributed by atoms with Crippen molar-refractivity contribution in [3.05, 3.63) is 23.9 Å². The van der Waals surface area contributed by atoms with Crippen LogP contribution in [0, 0.1) is 5.92 Å². The Kier molecular flexibility index (Phi) is 4.72. The van der Waals surface area contributed by atoms with E-state index in [4.69, 9.17) is 4.74 Å². The second-order valence-electron chi connectivity index (χ2n) is 5.72. The van der Waals surface area contributed by atoms with E-state index in [9.17, 15) is 13.2 Å². The Labute approximate surface area is 130 Å². The summed E-state index contributed by atoms with van der Waals surface area (Å²) in [6.07, 6.45) is 2.32. The second-order valence-corrected chi connectivity index (χ2v) is 7.81. The lowest BCUT2D eigenvalue weighted by Crippen LogP contribution is -2.46. The lowest BCUT2D eigenvalue weighted by atomic mass is 10.0. The topological polar surface area (TPSA) is 79.8 Å². The molecule has 1 amide bonds. The molecule has 0 aromatic carbocycles. The van der Waals surface area contributed by atoms with Crippen molar-refractivity contribution in [3.63, 3.8) is 0 Å². The summed E-state index contributed by atoms with van der Waals surface area (Å²) in [7, 11) is -0.0631. The van der Waals surface area contributed by atoms with Gasteiger partial charge in [0.15, 0.2) is 0 Å². The van der Waals surface area contributed by atoms with E-state index < -0.39 is 10.0 Å². The fourth-order valence-electron chi connectivity index (χ4n) is 2.35. The first kappa shape index (κ1) is 16.7. The van der Waals surface area contributed by atoms with Gasteiger partial charge < -0.3 is 9.64 Å². The molecule has 0 aliphatic carbocycles. The molecule has 22 heavy (non-hydrogen) atoms. The van der Waals surface area contributed by atoms with Crippen LogP contribution in [0.25, 0.3) is 0 Å². The zero-order valence-corrected chi connectivity index (χ0v) is 14.0. The minimum absolute atomic E-state index is 0.0340. The van der Waals surface area contributed by atoms with E-state index in [1.54, 1.807) is 30.3 Å². The molecule has 0 spiro atoms. The molecule has 0 bridgehead atoms. The smallest absolute Gasteiger partial charge is 0.259 e. The van der Waals surface area contributed by atoms with E-state index in [1.165, 1.54) is 11.4 Å². The number of pyridine rings is 1. The van der Waals surface area contributed by atoms with E-state index >= 15 is 0 Å². The van der Waals surface area contributed by atoms with Crippen LogP contribution in [0.4, 0.5) is 0 Å². The van der Waals surface area contributed by atoms with Crippen LogP contribution in [0.1, 0.15) is 17.3 Å². The lowest BCUT2D eigenvalue weighted by molar-refractivity contribution is 0.0589. The van der Waals surface area contributed by atoms with Crippen molar-refractivity contribution in [3.8, 4) is 5.88 Å². The molecular weight excluding hydrogens is 306 g/mol. The van der Waals surface area contributed by atoms with Crippen molar-refractivity contribution in [1.29, 1.82) is 0 Å². The van der Waals surface area contributed by atoms with Crippen LogP contribution in [-0.2, 0) is 10.0 Å². The number of sulfonamides is 1.